The Morgan fingerprint density at radius 3 is 1.65 bits per heavy atom. The number of amides is 1. The maximum absolute atomic E-state index is 13.0. The summed E-state index contributed by atoms with van der Waals surface area (Å²) in [6.07, 6.45) is 18.5. The number of aliphatic hydroxyl groups excluding tert-OH is 7. The SMILES string of the molecule is CCCCCCCC/C=C\CCCCCCCCC(O)C(=O)NC(COC1OC(CO)C(O)C(O)C1O)C(O)C(O)CCCCCCCCCC. The second-order valence-electron chi connectivity index (χ2n) is 14.7. The number of aliphatic hydroxyl groups is 7. The Morgan fingerprint density at radius 1 is 0.667 bits per heavy atom. The molecule has 0 spiro atoms. The van der Waals surface area contributed by atoms with Gasteiger partial charge in [0.1, 0.15) is 36.6 Å². The zero-order valence-electron chi connectivity index (χ0n) is 32.1. The number of allylic oxidation sites excluding steroid dienone is 2. The molecule has 51 heavy (non-hydrogen) atoms. The van der Waals surface area contributed by atoms with Crippen LogP contribution in [-0.4, -0.2) is 110 Å². The van der Waals surface area contributed by atoms with Crippen LogP contribution in [0.25, 0.3) is 0 Å². The van der Waals surface area contributed by atoms with Gasteiger partial charge in [-0.3, -0.25) is 4.79 Å². The van der Waals surface area contributed by atoms with E-state index in [1.54, 1.807) is 0 Å². The third-order valence-electron chi connectivity index (χ3n) is 10.1. The standard InChI is InChI=1S/C40H77NO10/c1-3-5-7-9-11-13-14-15-16-17-18-19-20-22-24-26-28-33(44)39(49)41-31(30-50-40-38(48)37(47)36(46)34(29-42)51-40)35(45)32(43)27-25-23-21-12-10-8-6-4-2/h15-16,31-38,40,42-48H,3-14,17-30H2,1-2H3,(H,41,49)/b16-15-. The number of ether oxygens (including phenoxy) is 2. The van der Waals surface area contributed by atoms with Gasteiger partial charge in [-0.05, 0) is 38.5 Å². The van der Waals surface area contributed by atoms with Crippen LogP contribution in [0.2, 0.25) is 0 Å². The van der Waals surface area contributed by atoms with Crippen molar-refractivity contribution in [3.05, 3.63) is 12.2 Å². The minimum atomic E-state index is -1.66. The summed E-state index contributed by atoms with van der Waals surface area (Å²) in [7, 11) is 0. The third-order valence-corrected chi connectivity index (χ3v) is 10.1. The van der Waals surface area contributed by atoms with Crippen LogP contribution in [-0.2, 0) is 14.3 Å². The molecule has 9 unspecified atom stereocenters. The van der Waals surface area contributed by atoms with Gasteiger partial charge >= 0.3 is 0 Å². The van der Waals surface area contributed by atoms with E-state index in [9.17, 15) is 40.5 Å². The first-order valence-electron chi connectivity index (χ1n) is 20.6. The highest BCUT2D eigenvalue weighted by molar-refractivity contribution is 5.80. The van der Waals surface area contributed by atoms with Gasteiger partial charge in [0.2, 0.25) is 5.91 Å². The molecule has 8 N–H and O–H groups in total. The van der Waals surface area contributed by atoms with Crippen molar-refractivity contribution in [1.82, 2.24) is 5.32 Å². The van der Waals surface area contributed by atoms with Crippen LogP contribution in [0.1, 0.15) is 168 Å². The third kappa shape index (κ3) is 22.0. The molecular formula is C40H77NO10. The Kier molecular flexibility index (Phi) is 29.3. The zero-order valence-corrected chi connectivity index (χ0v) is 32.1. The lowest BCUT2D eigenvalue weighted by Gasteiger charge is -2.40. The Hall–Kier alpha value is -1.15. The Labute approximate surface area is 309 Å². The van der Waals surface area contributed by atoms with E-state index in [1.165, 1.54) is 70.6 Å². The summed E-state index contributed by atoms with van der Waals surface area (Å²) in [4.78, 5) is 13.0. The minimum Gasteiger partial charge on any atom is -0.394 e. The van der Waals surface area contributed by atoms with E-state index in [0.717, 1.165) is 57.8 Å². The molecule has 0 radical (unpaired) electrons. The van der Waals surface area contributed by atoms with Crippen molar-refractivity contribution >= 4 is 5.91 Å². The first kappa shape index (κ1) is 47.9. The van der Waals surface area contributed by atoms with Crippen LogP contribution in [0.15, 0.2) is 12.2 Å². The number of hydrogen-bond acceptors (Lipinski definition) is 10. The Balaban J connectivity index is 2.49. The molecule has 11 heteroatoms. The minimum absolute atomic E-state index is 0.254. The lowest BCUT2D eigenvalue weighted by Crippen LogP contribution is -2.60. The number of unbranched alkanes of at least 4 members (excludes halogenated alkanes) is 19. The van der Waals surface area contributed by atoms with Crippen molar-refractivity contribution in [3.8, 4) is 0 Å². The fourth-order valence-electron chi connectivity index (χ4n) is 6.55. The van der Waals surface area contributed by atoms with E-state index in [4.69, 9.17) is 9.47 Å². The fraction of sp³-hybridized carbons (Fsp3) is 0.925. The molecule has 1 aliphatic rings. The molecule has 11 nitrogen and oxygen atoms in total. The van der Waals surface area contributed by atoms with Crippen LogP contribution in [0.5, 0.6) is 0 Å². The number of nitrogens with one attached hydrogen (secondary N) is 1. The van der Waals surface area contributed by atoms with Crippen LogP contribution < -0.4 is 5.32 Å². The highest BCUT2D eigenvalue weighted by Crippen LogP contribution is 2.23. The number of hydrogen-bond donors (Lipinski definition) is 8. The van der Waals surface area contributed by atoms with Gasteiger partial charge in [-0.15, -0.1) is 0 Å². The van der Waals surface area contributed by atoms with Gasteiger partial charge < -0.3 is 50.5 Å². The van der Waals surface area contributed by atoms with Crippen LogP contribution >= 0.6 is 0 Å². The van der Waals surface area contributed by atoms with Crippen molar-refractivity contribution < 1.29 is 50.0 Å². The fourth-order valence-corrected chi connectivity index (χ4v) is 6.55. The molecule has 1 heterocycles. The van der Waals surface area contributed by atoms with E-state index < -0.39 is 74.2 Å². The van der Waals surface area contributed by atoms with Crippen molar-refractivity contribution in [2.45, 2.75) is 223 Å². The quantitative estimate of drug-likeness (QED) is 0.0324. The number of rotatable bonds is 33. The van der Waals surface area contributed by atoms with Crippen molar-refractivity contribution in [3.63, 3.8) is 0 Å². The molecule has 1 amide bonds. The lowest BCUT2D eigenvalue weighted by molar-refractivity contribution is -0.303. The highest BCUT2D eigenvalue weighted by Gasteiger charge is 2.44. The summed E-state index contributed by atoms with van der Waals surface area (Å²) in [6, 6.07) is -1.16. The molecule has 1 rings (SSSR count). The molecule has 302 valence electrons. The molecule has 1 saturated heterocycles. The molecule has 0 aliphatic carbocycles. The van der Waals surface area contributed by atoms with Gasteiger partial charge in [0, 0.05) is 0 Å². The van der Waals surface area contributed by atoms with Gasteiger partial charge in [-0.1, -0.05) is 142 Å². The normalized spacial score (nSPS) is 23.4. The maximum atomic E-state index is 13.0. The summed E-state index contributed by atoms with van der Waals surface area (Å²) in [5.74, 6) is -0.705. The largest absolute Gasteiger partial charge is 0.394 e. The zero-order chi connectivity index (χ0) is 37.7. The molecule has 0 saturated carbocycles. The number of carbonyl (C=O) groups is 1. The van der Waals surface area contributed by atoms with E-state index in [2.05, 4.69) is 31.3 Å². The first-order chi connectivity index (χ1) is 24.7. The van der Waals surface area contributed by atoms with Gasteiger partial charge in [0.05, 0.1) is 25.4 Å². The highest BCUT2D eigenvalue weighted by atomic mass is 16.7. The first-order valence-corrected chi connectivity index (χ1v) is 20.6. The molecule has 0 bridgehead atoms. The summed E-state index contributed by atoms with van der Waals surface area (Å²) in [5.41, 5.74) is 0. The molecule has 0 aromatic rings. The second-order valence-corrected chi connectivity index (χ2v) is 14.7. The maximum Gasteiger partial charge on any atom is 0.249 e. The number of carbonyl (C=O) groups excluding carboxylic acids is 1. The second kappa shape index (κ2) is 31.2. The molecule has 1 fully saturated rings. The summed E-state index contributed by atoms with van der Waals surface area (Å²) in [5, 5.41) is 75.1. The molecule has 0 aromatic carbocycles. The van der Waals surface area contributed by atoms with Gasteiger partial charge in [0.15, 0.2) is 6.29 Å². The Bertz CT molecular complexity index is 846. The Morgan fingerprint density at radius 2 is 1.14 bits per heavy atom. The summed E-state index contributed by atoms with van der Waals surface area (Å²) < 4.78 is 11.0. The monoisotopic (exact) mass is 732 g/mol. The van der Waals surface area contributed by atoms with E-state index >= 15 is 0 Å². The van der Waals surface area contributed by atoms with Crippen molar-refractivity contribution in [1.29, 1.82) is 0 Å². The average molecular weight is 732 g/mol. The molecular weight excluding hydrogens is 654 g/mol. The summed E-state index contributed by atoms with van der Waals surface area (Å²) >= 11 is 0. The van der Waals surface area contributed by atoms with E-state index in [1.807, 2.05) is 0 Å². The lowest BCUT2D eigenvalue weighted by atomic mass is 9.98. The van der Waals surface area contributed by atoms with Gasteiger partial charge in [-0.2, -0.15) is 0 Å². The van der Waals surface area contributed by atoms with Gasteiger partial charge in [-0.25, -0.2) is 0 Å². The van der Waals surface area contributed by atoms with Crippen LogP contribution in [0.3, 0.4) is 0 Å². The topological polar surface area (TPSA) is 189 Å². The van der Waals surface area contributed by atoms with Crippen LogP contribution in [0, 0.1) is 0 Å². The molecule has 0 aromatic heterocycles. The average Bonchev–Trinajstić information content (AvgIpc) is 3.13. The molecule has 1 aliphatic heterocycles. The van der Waals surface area contributed by atoms with E-state index in [-0.39, 0.29) is 6.42 Å². The van der Waals surface area contributed by atoms with Crippen LogP contribution in [0.4, 0.5) is 0 Å². The summed E-state index contributed by atoms with van der Waals surface area (Å²) in [6.45, 7) is 3.36. The van der Waals surface area contributed by atoms with Gasteiger partial charge in [0.25, 0.3) is 0 Å². The predicted molar refractivity (Wildman–Crippen MR) is 201 cm³/mol. The molecule has 9 atom stereocenters. The van der Waals surface area contributed by atoms with Crippen molar-refractivity contribution in [2.24, 2.45) is 0 Å². The smallest absolute Gasteiger partial charge is 0.249 e. The predicted octanol–water partition coefficient (Wildman–Crippen LogP) is 5.33. The van der Waals surface area contributed by atoms with Crippen molar-refractivity contribution in [2.75, 3.05) is 13.2 Å². The van der Waals surface area contributed by atoms with E-state index in [0.29, 0.717) is 19.3 Å².